The van der Waals surface area contributed by atoms with Crippen LogP contribution in [0, 0.1) is 6.92 Å². The fourth-order valence-electron chi connectivity index (χ4n) is 3.66. The lowest BCUT2D eigenvalue weighted by molar-refractivity contribution is -0.129. The van der Waals surface area contributed by atoms with Gasteiger partial charge in [-0.2, -0.15) is 0 Å². The third-order valence-corrected chi connectivity index (χ3v) is 5.59. The van der Waals surface area contributed by atoms with Crippen molar-refractivity contribution in [2.75, 3.05) is 6.54 Å². The van der Waals surface area contributed by atoms with Crippen LogP contribution >= 0.6 is 11.3 Å². The van der Waals surface area contributed by atoms with Crippen molar-refractivity contribution in [2.45, 2.75) is 38.3 Å². The van der Waals surface area contributed by atoms with Gasteiger partial charge < -0.3 is 10.2 Å². The number of aromatic nitrogens is 1. The van der Waals surface area contributed by atoms with Crippen LogP contribution in [-0.4, -0.2) is 40.3 Å². The highest BCUT2D eigenvalue weighted by atomic mass is 32.1. The zero-order chi connectivity index (χ0) is 16.7. The first-order chi connectivity index (χ1) is 11.6. The summed E-state index contributed by atoms with van der Waals surface area (Å²) >= 11 is 1.46. The maximum absolute atomic E-state index is 12.4. The van der Waals surface area contributed by atoms with Crippen molar-refractivity contribution in [3.8, 4) is 0 Å². The zero-order valence-corrected chi connectivity index (χ0v) is 14.3. The van der Waals surface area contributed by atoms with Crippen LogP contribution in [0.5, 0.6) is 0 Å². The van der Waals surface area contributed by atoms with E-state index in [0.29, 0.717) is 18.7 Å². The highest BCUT2D eigenvalue weighted by molar-refractivity contribution is 7.09. The minimum atomic E-state index is -0.186. The second-order valence-electron chi connectivity index (χ2n) is 6.50. The Morgan fingerprint density at radius 1 is 1.25 bits per heavy atom. The first kappa shape index (κ1) is 15.3. The predicted molar refractivity (Wildman–Crippen MR) is 92.1 cm³/mol. The molecule has 0 unspecified atom stereocenters. The quantitative estimate of drug-likeness (QED) is 0.928. The molecule has 0 spiro atoms. The van der Waals surface area contributed by atoms with Crippen LogP contribution in [-0.2, 0) is 17.6 Å². The molecule has 1 aromatic heterocycles. The molecule has 5 nitrogen and oxygen atoms in total. The molecule has 1 aliphatic carbocycles. The Bertz CT molecular complexity index is 776. The van der Waals surface area contributed by atoms with E-state index < -0.39 is 0 Å². The first-order valence-electron chi connectivity index (χ1n) is 8.19. The molecule has 1 N–H and O–H groups in total. The van der Waals surface area contributed by atoms with Gasteiger partial charge in [0, 0.05) is 24.4 Å². The monoisotopic (exact) mass is 341 g/mol. The second kappa shape index (κ2) is 6.02. The van der Waals surface area contributed by atoms with Gasteiger partial charge in [-0.15, -0.1) is 11.3 Å². The van der Waals surface area contributed by atoms with E-state index in [1.807, 2.05) is 24.0 Å². The molecule has 2 aliphatic rings. The summed E-state index contributed by atoms with van der Waals surface area (Å²) in [5, 5.41) is 5.58. The SMILES string of the molecule is Cc1nc(C(=O)N[C@H]2CC(=O)N(C3Cc4ccccc4C3)C2)cs1. The Morgan fingerprint density at radius 2 is 1.96 bits per heavy atom. The Hall–Kier alpha value is -2.21. The van der Waals surface area contributed by atoms with Gasteiger partial charge in [-0.1, -0.05) is 24.3 Å². The number of benzene rings is 1. The molecule has 1 aliphatic heterocycles. The van der Waals surface area contributed by atoms with E-state index in [1.165, 1.54) is 22.5 Å². The maximum Gasteiger partial charge on any atom is 0.271 e. The van der Waals surface area contributed by atoms with Crippen molar-refractivity contribution in [3.05, 3.63) is 51.5 Å². The van der Waals surface area contributed by atoms with Gasteiger partial charge in [0.2, 0.25) is 5.91 Å². The molecule has 6 heteroatoms. The number of amides is 2. The molecule has 1 saturated heterocycles. The normalized spacial score (nSPS) is 20.5. The topological polar surface area (TPSA) is 62.3 Å². The van der Waals surface area contributed by atoms with Crippen LogP contribution in [0.25, 0.3) is 0 Å². The number of nitrogens with one attached hydrogen (secondary N) is 1. The van der Waals surface area contributed by atoms with Gasteiger partial charge >= 0.3 is 0 Å². The van der Waals surface area contributed by atoms with Crippen LogP contribution in [0.15, 0.2) is 29.6 Å². The minimum absolute atomic E-state index is 0.129. The molecule has 2 amide bonds. The number of fused-ring (bicyclic) bond motifs is 1. The van der Waals surface area contributed by atoms with E-state index in [0.717, 1.165) is 17.8 Å². The molecular formula is C18H19N3O2S. The summed E-state index contributed by atoms with van der Waals surface area (Å²) in [7, 11) is 0. The summed E-state index contributed by atoms with van der Waals surface area (Å²) in [4.78, 5) is 30.8. The number of likely N-dealkylation sites (tertiary alicyclic amines) is 1. The molecule has 2 heterocycles. The largest absolute Gasteiger partial charge is 0.346 e. The van der Waals surface area contributed by atoms with Crippen molar-refractivity contribution in [1.29, 1.82) is 0 Å². The molecule has 2 aromatic rings. The lowest BCUT2D eigenvalue weighted by Crippen LogP contribution is -2.41. The Kier molecular flexibility index (Phi) is 3.84. The fraction of sp³-hybridized carbons (Fsp3) is 0.389. The Balaban J connectivity index is 1.40. The lowest BCUT2D eigenvalue weighted by Gasteiger charge is -2.24. The molecule has 4 rings (SSSR count). The first-order valence-corrected chi connectivity index (χ1v) is 9.07. The molecule has 0 saturated carbocycles. The van der Waals surface area contributed by atoms with Gasteiger partial charge in [-0.25, -0.2) is 4.98 Å². The van der Waals surface area contributed by atoms with E-state index >= 15 is 0 Å². The number of hydrogen-bond acceptors (Lipinski definition) is 4. The fourth-order valence-corrected chi connectivity index (χ4v) is 4.26. The van der Waals surface area contributed by atoms with Gasteiger partial charge in [-0.3, -0.25) is 9.59 Å². The molecule has 1 atom stereocenters. The minimum Gasteiger partial charge on any atom is -0.346 e. The summed E-state index contributed by atoms with van der Waals surface area (Å²) in [6, 6.07) is 8.46. The Morgan fingerprint density at radius 3 is 2.58 bits per heavy atom. The summed E-state index contributed by atoms with van der Waals surface area (Å²) < 4.78 is 0. The van der Waals surface area contributed by atoms with Crippen molar-refractivity contribution < 1.29 is 9.59 Å². The van der Waals surface area contributed by atoms with Gasteiger partial charge in [-0.05, 0) is 30.9 Å². The van der Waals surface area contributed by atoms with Crippen LogP contribution in [0.2, 0.25) is 0 Å². The van der Waals surface area contributed by atoms with E-state index in [4.69, 9.17) is 0 Å². The number of nitrogens with zero attached hydrogens (tertiary/aromatic N) is 2. The van der Waals surface area contributed by atoms with Gasteiger partial charge in [0.25, 0.3) is 5.91 Å². The van der Waals surface area contributed by atoms with Gasteiger partial charge in [0.15, 0.2) is 0 Å². The maximum atomic E-state index is 12.4. The summed E-state index contributed by atoms with van der Waals surface area (Å²) in [6.07, 6.45) is 2.20. The summed E-state index contributed by atoms with van der Waals surface area (Å²) in [5.74, 6) is -0.0544. The van der Waals surface area contributed by atoms with Crippen molar-refractivity contribution in [1.82, 2.24) is 15.2 Å². The number of carbonyl (C=O) groups is 2. The standard InChI is InChI=1S/C18H19N3O2S/c1-11-19-16(10-24-11)18(23)20-14-8-17(22)21(9-14)15-6-12-4-2-3-5-13(12)7-15/h2-5,10,14-15H,6-9H2,1H3,(H,20,23)/t14-/m0/s1. The number of rotatable bonds is 3. The second-order valence-corrected chi connectivity index (χ2v) is 7.57. The zero-order valence-electron chi connectivity index (χ0n) is 13.5. The van der Waals surface area contributed by atoms with E-state index in [9.17, 15) is 9.59 Å². The van der Waals surface area contributed by atoms with Gasteiger partial charge in [0.05, 0.1) is 11.0 Å². The highest BCUT2D eigenvalue weighted by Crippen LogP contribution is 2.28. The molecule has 0 radical (unpaired) electrons. The molecule has 124 valence electrons. The van der Waals surface area contributed by atoms with E-state index in [2.05, 4.69) is 22.4 Å². The number of hydrogen-bond donors (Lipinski definition) is 1. The summed E-state index contributed by atoms with van der Waals surface area (Å²) in [6.45, 7) is 2.46. The van der Waals surface area contributed by atoms with Crippen LogP contribution < -0.4 is 5.32 Å². The van der Waals surface area contributed by atoms with Crippen LogP contribution in [0.4, 0.5) is 0 Å². The molecule has 1 fully saturated rings. The van der Waals surface area contributed by atoms with E-state index in [-0.39, 0.29) is 23.9 Å². The number of carbonyl (C=O) groups excluding carboxylic acids is 2. The lowest BCUT2D eigenvalue weighted by atomic mass is 10.1. The van der Waals surface area contributed by atoms with Crippen LogP contribution in [0.3, 0.4) is 0 Å². The van der Waals surface area contributed by atoms with Crippen molar-refractivity contribution in [2.24, 2.45) is 0 Å². The molecule has 1 aromatic carbocycles. The average molecular weight is 341 g/mol. The van der Waals surface area contributed by atoms with E-state index in [1.54, 1.807) is 5.38 Å². The highest BCUT2D eigenvalue weighted by Gasteiger charge is 2.37. The molecule has 0 bridgehead atoms. The number of thiazole rings is 1. The van der Waals surface area contributed by atoms with Crippen LogP contribution in [0.1, 0.15) is 33.0 Å². The third kappa shape index (κ3) is 2.82. The van der Waals surface area contributed by atoms with Crippen molar-refractivity contribution in [3.63, 3.8) is 0 Å². The van der Waals surface area contributed by atoms with Crippen molar-refractivity contribution >= 4 is 23.2 Å². The predicted octanol–water partition coefficient (Wildman–Crippen LogP) is 1.95. The third-order valence-electron chi connectivity index (χ3n) is 4.82. The Labute approximate surface area is 144 Å². The molecular weight excluding hydrogens is 322 g/mol. The average Bonchev–Trinajstić information content (AvgIpc) is 3.25. The molecule has 24 heavy (non-hydrogen) atoms. The smallest absolute Gasteiger partial charge is 0.271 e. The summed E-state index contributed by atoms with van der Waals surface area (Å²) in [5.41, 5.74) is 3.11. The van der Waals surface area contributed by atoms with Gasteiger partial charge in [0.1, 0.15) is 5.69 Å². The number of aryl methyl sites for hydroxylation is 1.